The van der Waals surface area contributed by atoms with Crippen LogP contribution in [0, 0.1) is 17.2 Å². The van der Waals surface area contributed by atoms with Crippen LogP contribution >= 0.6 is 0 Å². The van der Waals surface area contributed by atoms with Crippen LogP contribution in [0.3, 0.4) is 0 Å². The van der Waals surface area contributed by atoms with Gasteiger partial charge in [0.25, 0.3) is 0 Å². The van der Waals surface area contributed by atoms with E-state index in [1.807, 2.05) is 51.1 Å². The van der Waals surface area contributed by atoms with E-state index in [4.69, 9.17) is 5.73 Å². The van der Waals surface area contributed by atoms with Gasteiger partial charge in [0, 0.05) is 30.0 Å². The fourth-order valence-corrected chi connectivity index (χ4v) is 5.39. The predicted molar refractivity (Wildman–Crippen MR) is 120 cm³/mol. The van der Waals surface area contributed by atoms with Gasteiger partial charge in [0.2, 0.25) is 11.8 Å². The Morgan fingerprint density at radius 3 is 2.62 bits per heavy atom. The molecule has 3 atom stereocenters. The number of halogens is 1. The van der Waals surface area contributed by atoms with Gasteiger partial charge in [-0.25, -0.2) is 9.38 Å². The summed E-state index contributed by atoms with van der Waals surface area (Å²) in [4.78, 5) is 33.7. The Morgan fingerprint density at radius 2 is 1.88 bits per heavy atom. The second-order valence-electron chi connectivity index (χ2n) is 9.83. The first-order chi connectivity index (χ1) is 15.1. The molecule has 7 heteroatoms. The number of carbonyl (C=O) groups excluding carboxylic acids is 2. The number of benzene rings is 2. The number of fused-ring (bicyclic) bond motifs is 1. The molecule has 0 bridgehead atoms. The molecule has 3 aliphatic rings. The summed E-state index contributed by atoms with van der Waals surface area (Å²) >= 11 is 0. The molecule has 1 saturated heterocycles. The first-order valence-corrected chi connectivity index (χ1v) is 10.9. The summed E-state index contributed by atoms with van der Waals surface area (Å²) in [6, 6.07) is 14.0. The van der Waals surface area contributed by atoms with Crippen molar-refractivity contribution in [2.45, 2.75) is 45.2 Å². The van der Waals surface area contributed by atoms with Gasteiger partial charge in [-0.1, -0.05) is 38.1 Å². The van der Waals surface area contributed by atoms with Crippen molar-refractivity contribution in [2.24, 2.45) is 22.1 Å². The Bertz CT molecular complexity index is 1160. The fraction of sp³-hybridized carbons (Fsp3) is 0.400. The number of aliphatic imine (C=N–C) groups is 1. The lowest BCUT2D eigenvalue weighted by Gasteiger charge is -2.27. The molecule has 1 aliphatic carbocycles. The van der Waals surface area contributed by atoms with Crippen LogP contribution in [-0.2, 0) is 16.1 Å². The molecule has 0 aromatic heterocycles. The minimum atomic E-state index is -0.430. The first kappa shape index (κ1) is 20.7. The van der Waals surface area contributed by atoms with E-state index in [0.29, 0.717) is 19.5 Å². The lowest BCUT2D eigenvalue weighted by Crippen LogP contribution is -2.47. The fourth-order valence-electron chi connectivity index (χ4n) is 5.39. The zero-order valence-electron chi connectivity index (χ0n) is 18.5. The van der Waals surface area contributed by atoms with E-state index in [9.17, 15) is 14.0 Å². The highest BCUT2D eigenvalue weighted by atomic mass is 19.1. The van der Waals surface area contributed by atoms with Crippen molar-refractivity contribution in [3.63, 3.8) is 0 Å². The van der Waals surface area contributed by atoms with E-state index in [2.05, 4.69) is 4.99 Å². The van der Waals surface area contributed by atoms with Crippen molar-refractivity contribution in [1.82, 2.24) is 4.90 Å². The van der Waals surface area contributed by atoms with Crippen molar-refractivity contribution < 1.29 is 14.0 Å². The van der Waals surface area contributed by atoms with Crippen LogP contribution in [0.4, 0.5) is 10.1 Å². The van der Waals surface area contributed by atoms with Crippen LogP contribution in [0.25, 0.3) is 0 Å². The van der Waals surface area contributed by atoms with Gasteiger partial charge in [-0.3, -0.25) is 14.5 Å². The third-order valence-corrected chi connectivity index (χ3v) is 7.65. The number of nitrogens with zero attached hydrogens (tertiary/aromatic N) is 3. The average molecular weight is 435 g/mol. The van der Waals surface area contributed by atoms with E-state index in [0.717, 1.165) is 16.8 Å². The predicted octanol–water partition coefficient (Wildman–Crippen LogP) is 3.42. The number of hydrogen-bond donors (Lipinski definition) is 1. The number of anilines is 1. The quantitative estimate of drug-likeness (QED) is 0.801. The average Bonchev–Trinajstić information content (AvgIpc) is 3.00. The molecule has 166 valence electrons. The maximum atomic E-state index is 13.6. The molecule has 3 unspecified atom stereocenters. The Balaban J connectivity index is 1.35. The molecule has 32 heavy (non-hydrogen) atoms. The summed E-state index contributed by atoms with van der Waals surface area (Å²) in [5, 5.41) is 0. The van der Waals surface area contributed by atoms with Gasteiger partial charge < -0.3 is 10.6 Å². The van der Waals surface area contributed by atoms with E-state index >= 15 is 0 Å². The van der Waals surface area contributed by atoms with Crippen LogP contribution < -0.4 is 10.6 Å². The summed E-state index contributed by atoms with van der Waals surface area (Å²) in [5.74, 6) is -0.273. The summed E-state index contributed by atoms with van der Waals surface area (Å²) in [6.07, 6.45) is 0.341. The highest BCUT2D eigenvalue weighted by molar-refractivity contribution is 6.03. The third-order valence-electron chi connectivity index (χ3n) is 7.65. The maximum Gasteiger partial charge on any atom is 0.235 e. The monoisotopic (exact) mass is 434 g/mol. The van der Waals surface area contributed by atoms with Crippen molar-refractivity contribution in [3.05, 3.63) is 65.5 Å². The van der Waals surface area contributed by atoms with Gasteiger partial charge >= 0.3 is 0 Å². The van der Waals surface area contributed by atoms with Crippen molar-refractivity contribution in [2.75, 3.05) is 11.4 Å². The topological polar surface area (TPSA) is 79.0 Å². The SMILES string of the molecule is CC1(C)C2C(=O)N(Cc3cccc(N4CC(c5cccc(F)c5)CC4=O)c3)C(N)=NC21C. The number of hydrogen-bond acceptors (Lipinski definition) is 4. The molecule has 2 aromatic carbocycles. The molecule has 0 spiro atoms. The number of nitrogens with two attached hydrogens (primary N) is 1. The first-order valence-electron chi connectivity index (χ1n) is 10.9. The zero-order chi connectivity index (χ0) is 22.8. The van der Waals surface area contributed by atoms with Crippen molar-refractivity contribution in [3.8, 4) is 0 Å². The van der Waals surface area contributed by atoms with Gasteiger partial charge in [0.1, 0.15) is 5.82 Å². The molecule has 2 aromatic rings. The summed E-state index contributed by atoms with van der Waals surface area (Å²) < 4.78 is 13.6. The molecule has 2 aliphatic heterocycles. The minimum Gasteiger partial charge on any atom is -0.369 e. The molecule has 6 nitrogen and oxygen atoms in total. The van der Waals surface area contributed by atoms with Crippen molar-refractivity contribution in [1.29, 1.82) is 0 Å². The van der Waals surface area contributed by atoms with Gasteiger partial charge in [0.15, 0.2) is 5.96 Å². The van der Waals surface area contributed by atoms with Gasteiger partial charge in [-0.2, -0.15) is 0 Å². The molecule has 2 amide bonds. The number of guanidine groups is 1. The standard InChI is InChI=1S/C25H27FN4O2/c1-24(2)21-22(32)30(23(27)28-25(21,24)3)13-15-6-4-9-19(10-15)29-14-17(12-20(29)31)16-7-5-8-18(26)11-16/h4-11,17,21H,12-14H2,1-3H3,(H2,27,28). The van der Waals surface area contributed by atoms with Crippen LogP contribution in [0.1, 0.15) is 44.2 Å². The summed E-state index contributed by atoms with van der Waals surface area (Å²) in [5.41, 5.74) is 8.01. The van der Waals surface area contributed by atoms with E-state index in [1.165, 1.54) is 12.1 Å². The third kappa shape index (κ3) is 3.02. The Hall–Kier alpha value is -3.22. The molecule has 2 N–H and O–H groups in total. The number of carbonyl (C=O) groups is 2. The molecule has 2 fully saturated rings. The Labute approximate surface area is 186 Å². The second-order valence-corrected chi connectivity index (χ2v) is 9.83. The number of rotatable bonds is 4. The Kier molecular flexibility index (Phi) is 4.45. The molecule has 0 radical (unpaired) electrons. The van der Waals surface area contributed by atoms with Crippen LogP contribution in [0.15, 0.2) is 53.5 Å². The highest BCUT2D eigenvalue weighted by Crippen LogP contribution is 2.65. The molecular formula is C25H27FN4O2. The molecule has 1 saturated carbocycles. The van der Waals surface area contributed by atoms with Gasteiger partial charge in [0.05, 0.1) is 18.0 Å². The van der Waals surface area contributed by atoms with E-state index < -0.39 is 5.54 Å². The van der Waals surface area contributed by atoms with Gasteiger partial charge in [-0.15, -0.1) is 0 Å². The summed E-state index contributed by atoms with van der Waals surface area (Å²) in [6.45, 7) is 6.87. The minimum absolute atomic E-state index is 0.00109. The lowest BCUT2D eigenvalue weighted by molar-refractivity contribution is -0.130. The molecule has 5 rings (SSSR count). The Morgan fingerprint density at radius 1 is 1.12 bits per heavy atom. The molecular weight excluding hydrogens is 407 g/mol. The lowest BCUT2D eigenvalue weighted by atomic mass is 9.98. The smallest absolute Gasteiger partial charge is 0.235 e. The second kappa shape index (κ2) is 6.89. The zero-order valence-corrected chi connectivity index (χ0v) is 18.5. The van der Waals surface area contributed by atoms with Gasteiger partial charge in [-0.05, 0) is 42.3 Å². The van der Waals surface area contributed by atoms with E-state index in [-0.39, 0.29) is 40.8 Å². The summed E-state index contributed by atoms with van der Waals surface area (Å²) in [7, 11) is 0. The number of amides is 2. The van der Waals surface area contributed by atoms with Crippen LogP contribution in [-0.4, -0.2) is 34.8 Å². The normalized spacial score (nSPS) is 28.6. The molecule has 2 heterocycles. The van der Waals surface area contributed by atoms with Crippen LogP contribution in [0.5, 0.6) is 0 Å². The maximum absolute atomic E-state index is 13.6. The largest absolute Gasteiger partial charge is 0.369 e. The van der Waals surface area contributed by atoms with Crippen molar-refractivity contribution >= 4 is 23.5 Å². The highest BCUT2D eigenvalue weighted by Gasteiger charge is 2.74. The van der Waals surface area contributed by atoms with Crippen LogP contribution in [0.2, 0.25) is 0 Å². The van der Waals surface area contributed by atoms with E-state index in [1.54, 1.807) is 15.9 Å².